The molecule has 0 radical (unpaired) electrons. The number of aryl methyl sites for hydroxylation is 1. The van der Waals surface area contributed by atoms with E-state index in [1.165, 1.54) is 0 Å². The SMILES string of the molecule is CCCNS(=O)(=O)NCCCc1ncc2ccccn12. The van der Waals surface area contributed by atoms with Crippen LogP contribution in [0.5, 0.6) is 0 Å². The van der Waals surface area contributed by atoms with E-state index in [0.29, 0.717) is 19.5 Å². The maximum atomic E-state index is 11.5. The highest BCUT2D eigenvalue weighted by Gasteiger charge is 2.07. The Bertz CT molecular complexity index is 651. The Labute approximate surface area is 119 Å². The van der Waals surface area contributed by atoms with Crippen molar-refractivity contribution in [2.24, 2.45) is 0 Å². The van der Waals surface area contributed by atoms with E-state index in [1.807, 2.05) is 41.9 Å². The summed E-state index contributed by atoms with van der Waals surface area (Å²) in [5.74, 6) is 0.946. The Morgan fingerprint density at radius 2 is 2.05 bits per heavy atom. The Hall–Kier alpha value is -1.44. The number of imidazole rings is 1. The lowest BCUT2D eigenvalue weighted by Gasteiger charge is -2.07. The molecule has 0 saturated carbocycles. The summed E-state index contributed by atoms with van der Waals surface area (Å²) < 4.78 is 30.1. The molecule has 2 aromatic rings. The third-order valence-corrected chi connectivity index (χ3v) is 4.09. The van der Waals surface area contributed by atoms with Gasteiger partial charge in [-0.25, -0.2) is 14.4 Å². The van der Waals surface area contributed by atoms with E-state index in [-0.39, 0.29) is 0 Å². The first-order valence-corrected chi connectivity index (χ1v) is 8.26. The lowest BCUT2D eigenvalue weighted by Crippen LogP contribution is -2.37. The van der Waals surface area contributed by atoms with Gasteiger partial charge in [0.25, 0.3) is 10.2 Å². The van der Waals surface area contributed by atoms with Crippen molar-refractivity contribution in [2.45, 2.75) is 26.2 Å². The molecule has 2 heterocycles. The lowest BCUT2D eigenvalue weighted by molar-refractivity contribution is 0.562. The maximum Gasteiger partial charge on any atom is 0.276 e. The standard InChI is InChI=1S/C13H20N4O2S/c1-2-8-15-20(18,19)16-9-5-7-13-14-11-12-6-3-4-10-17(12)13/h3-4,6,10-11,15-16H,2,5,7-9H2,1H3. The molecule has 110 valence electrons. The summed E-state index contributed by atoms with van der Waals surface area (Å²) in [6.07, 6.45) is 6.00. The molecule has 2 rings (SSSR count). The average Bonchev–Trinajstić information content (AvgIpc) is 2.85. The van der Waals surface area contributed by atoms with E-state index in [1.54, 1.807) is 0 Å². The van der Waals surface area contributed by atoms with Crippen molar-refractivity contribution in [2.75, 3.05) is 13.1 Å². The van der Waals surface area contributed by atoms with Crippen LogP contribution in [0.1, 0.15) is 25.6 Å². The molecule has 0 aliphatic rings. The zero-order chi connectivity index (χ0) is 14.4. The fourth-order valence-electron chi connectivity index (χ4n) is 1.92. The minimum atomic E-state index is -3.35. The molecule has 0 aromatic carbocycles. The minimum Gasteiger partial charge on any atom is -0.304 e. The third kappa shape index (κ3) is 4.03. The largest absolute Gasteiger partial charge is 0.304 e. The Balaban J connectivity index is 1.82. The van der Waals surface area contributed by atoms with Gasteiger partial charge in [-0.2, -0.15) is 8.42 Å². The summed E-state index contributed by atoms with van der Waals surface area (Å²) >= 11 is 0. The smallest absolute Gasteiger partial charge is 0.276 e. The highest BCUT2D eigenvalue weighted by molar-refractivity contribution is 7.87. The summed E-state index contributed by atoms with van der Waals surface area (Å²) in [6, 6.07) is 5.91. The van der Waals surface area contributed by atoms with E-state index in [0.717, 1.165) is 24.2 Å². The van der Waals surface area contributed by atoms with Crippen molar-refractivity contribution in [3.63, 3.8) is 0 Å². The van der Waals surface area contributed by atoms with Gasteiger partial charge in [0.1, 0.15) is 5.82 Å². The third-order valence-electron chi connectivity index (χ3n) is 2.93. The van der Waals surface area contributed by atoms with Crippen molar-refractivity contribution in [3.05, 3.63) is 36.4 Å². The molecule has 7 heteroatoms. The van der Waals surface area contributed by atoms with Crippen LogP contribution in [0, 0.1) is 0 Å². The first kappa shape index (κ1) is 15.0. The Morgan fingerprint density at radius 3 is 2.85 bits per heavy atom. The predicted octanol–water partition coefficient (Wildman–Crippen LogP) is 1.10. The minimum absolute atomic E-state index is 0.404. The van der Waals surface area contributed by atoms with Gasteiger partial charge < -0.3 is 4.40 Å². The van der Waals surface area contributed by atoms with Gasteiger partial charge in [-0.1, -0.05) is 13.0 Å². The van der Waals surface area contributed by atoms with Gasteiger partial charge in [-0.3, -0.25) is 0 Å². The number of hydrogen-bond donors (Lipinski definition) is 2. The molecule has 0 atom stereocenters. The molecular formula is C13H20N4O2S. The summed E-state index contributed by atoms with van der Waals surface area (Å²) in [7, 11) is -3.35. The van der Waals surface area contributed by atoms with Crippen molar-refractivity contribution in [1.82, 2.24) is 18.8 Å². The number of aromatic nitrogens is 2. The van der Waals surface area contributed by atoms with Crippen LogP contribution in [0.15, 0.2) is 30.6 Å². The fraction of sp³-hybridized carbons (Fsp3) is 0.462. The quantitative estimate of drug-likeness (QED) is 0.716. The zero-order valence-electron chi connectivity index (χ0n) is 11.5. The fourth-order valence-corrected chi connectivity index (χ4v) is 2.91. The number of hydrogen-bond acceptors (Lipinski definition) is 3. The summed E-state index contributed by atoms with van der Waals surface area (Å²) in [4.78, 5) is 4.35. The van der Waals surface area contributed by atoms with E-state index in [9.17, 15) is 8.42 Å². The van der Waals surface area contributed by atoms with Crippen LogP contribution >= 0.6 is 0 Å². The van der Waals surface area contributed by atoms with Gasteiger partial charge in [-0.05, 0) is 25.0 Å². The summed E-state index contributed by atoms with van der Waals surface area (Å²) in [5.41, 5.74) is 1.05. The van der Waals surface area contributed by atoms with E-state index in [2.05, 4.69) is 14.4 Å². The second-order valence-corrected chi connectivity index (χ2v) is 6.15. The monoisotopic (exact) mass is 296 g/mol. The van der Waals surface area contributed by atoms with Gasteiger partial charge in [0.05, 0.1) is 11.7 Å². The van der Waals surface area contributed by atoms with Crippen molar-refractivity contribution in [1.29, 1.82) is 0 Å². The molecular weight excluding hydrogens is 276 g/mol. The number of pyridine rings is 1. The number of fused-ring (bicyclic) bond motifs is 1. The predicted molar refractivity (Wildman–Crippen MR) is 78.7 cm³/mol. The highest BCUT2D eigenvalue weighted by Crippen LogP contribution is 2.07. The number of rotatable bonds is 8. The van der Waals surface area contributed by atoms with Gasteiger partial charge in [0.2, 0.25) is 0 Å². The zero-order valence-corrected chi connectivity index (χ0v) is 12.4. The number of nitrogens with zero attached hydrogens (tertiary/aromatic N) is 2. The molecule has 0 bridgehead atoms. The summed E-state index contributed by atoms with van der Waals surface area (Å²) in [6.45, 7) is 2.78. The molecule has 2 aromatic heterocycles. The van der Waals surface area contributed by atoms with E-state index >= 15 is 0 Å². The van der Waals surface area contributed by atoms with Crippen molar-refractivity contribution in [3.8, 4) is 0 Å². The Kier molecular flexibility index (Phi) is 5.11. The average molecular weight is 296 g/mol. The topological polar surface area (TPSA) is 75.5 Å². The molecule has 0 spiro atoms. The van der Waals surface area contributed by atoms with Crippen molar-refractivity contribution >= 4 is 15.7 Å². The van der Waals surface area contributed by atoms with Crippen molar-refractivity contribution < 1.29 is 8.42 Å². The first-order valence-electron chi connectivity index (χ1n) is 6.77. The van der Waals surface area contributed by atoms with Gasteiger partial charge >= 0.3 is 0 Å². The van der Waals surface area contributed by atoms with Crippen LogP contribution in [0.4, 0.5) is 0 Å². The van der Waals surface area contributed by atoms with Crippen LogP contribution in [-0.2, 0) is 16.6 Å². The van der Waals surface area contributed by atoms with Gasteiger partial charge in [0.15, 0.2) is 0 Å². The molecule has 2 N–H and O–H groups in total. The molecule has 20 heavy (non-hydrogen) atoms. The molecule has 0 saturated heterocycles. The van der Waals surface area contributed by atoms with Crippen LogP contribution < -0.4 is 9.44 Å². The van der Waals surface area contributed by atoms with E-state index < -0.39 is 10.2 Å². The van der Waals surface area contributed by atoms with Crippen LogP contribution in [0.2, 0.25) is 0 Å². The van der Waals surface area contributed by atoms with Crippen LogP contribution in [-0.4, -0.2) is 30.9 Å². The van der Waals surface area contributed by atoms with Gasteiger partial charge in [-0.15, -0.1) is 0 Å². The highest BCUT2D eigenvalue weighted by atomic mass is 32.2. The molecule has 0 aliphatic heterocycles. The second kappa shape index (κ2) is 6.83. The normalized spacial score (nSPS) is 12.1. The Morgan fingerprint density at radius 1 is 1.25 bits per heavy atom. The summed E-state index contributed by atoms with van der Waals surface area (Å²) in [5, 5.41) is 0. The number of nitrogens with one attached hydrogen (secondary N) is 2. The molecule has 0 unspecified atom stereocenters. The second-order valence-electron chi connectivity index (χ2n) is 4.57. The first-order chi connectivity index (χ1) is 9.62. The van der Waals surface area contributed by atoms with Gasteiger partial charge in [0, 0.05) is 25.7 Å². The molecule has 0 aliphatic carbocycles. The lowest BCUT2D eigenvalue weighted by atomic mass is 10.3. The van der Waals surface area contributed by atoms with Crippen LogP contribution in [0.25, 0.3) is 5.52 Å². The molecule has 0 amide bonds. The molecule has 0 fully saturated rings. The maximum absolute atomic E-state index is 11.5. The van der Waals surface area contributed by atoms with Crippen LogP contribution in [0.3, 0.4) is 0 Å². The molecule has 6 nitrogen and oxygen atoms in total. The van der Waals surface area contributed by atoms with E-state index in [4.69, 9.17) is 0 Å².